The Balaban J connectivity index is 1.55. The molecule has 3 aromatic rings. The first kappa shape index (κ1) is 19.2. The summed E-state index contributed by atoms with van der Waals surface area (Å²) in [5.41, 5.74) is 0.913. The molecule has 0 bridgehead atoms. The summed E-state index contributed by atoms with van der Waals surface area (Å²) in [7, 11) is 0. The molecule has 0 radical (unpaired) electrons. The molecule has 3 heterocycles. The molecule has 5 nitrogen and oxygen atoms in total. The van der Waals surface area contributed by atoms with E-state index in [0.29, 0.717) is 23.0 Å². The summed E-state index contributed by atoms with van der Waals surface area (Å²) < 4.78 is 39.0. The number of hydrogen-bond acceptors (Lipinski definition) is 4. The van der Waals surface area contributed by atoms with Crippen LogP contribution in [0.5, 0.6) is 0 Å². The largest absolute Gasteiger partial charge is 0.416 e. The lowest BCUT2D eigenvalue weighted by Gasteiger charge is -2.35. The van der Waals surface area contributed by atoms with Crippen LogP contribution in [0.3, 0.4) is 0 Å². The molecule has 1 N–H and O–H groups in total. The smallest absolute Gasteiger partial charge is 0.369 e. The van der Waals surface area contributed by atoms with Crippen molar-refractivity contribution in [1.29, 1.82) is 0 Å². The minimum Gasteiger partial charge on any atom is -0.369 e. The maximum atomic E-state index is 13.0. The van der Waals surface area contributed by atoms with Crippen LogP contribution < -0.4 is 10.2 Å². The minimum absolute atomic E-state index is 0.0610. The van der Waals surface area contributed by atoms with Crippen molar-refractivity contribution in [2.45, 2.75) is 25.1 Å². The predicted octanol–water partition coefficient (Wildman–Crippen LogP) is 4.05. The first-order chi connectivity index (χ1) is 13.9. The van der Waals surface area contributed by atoms with Gasteiger partial charge in [-0.05, 0) is 43.2 Å². The first-order valence-corrected chi connectivity index (χ1v) is 9.33. The Kier molecular flexibility index (Phi) is 5.08. The molecule has 1 fully saturated rings. The van der Waals surface area contributed by atoms with Crippen molar-refractivity contribution in [1.82, 2.24) is 15.3 Å². The van der Waals surface area contributed by atoms with Crippen LogP contribution in [0.1, 0.15) is 28.8 Å². The Morgan fingerprint density at radius 2 is 2.03 bits per heavy atom. The number of aromatic nitrogens is 2. The van der Waals surface area contributed by atoms with E-state index in [4.69, 9.17) is 0 Å². The summed E-state index contributed by atoms with van der Waals surface area (Å²) >= 11 is 0. The molecule has 1 atom stereocenters. The highest BCUT2D eigenvalue weighted by Crippen LogP contribution is 2.34. The maximum absolute atomic E-state index is 13.0. The number of pyridine rings is 2. The van der Waals surface area contributed by atoms with Gasteiger partial charge in [-0.3, -0.25) is 14.8 Å². The van der Waals surface area contributed by atoms with E-state index in [-0.39, 0.29) is 11.9 Å². The third-order valence-electron chi connectivity index (χ3n) is 5.07. The zero-order valence-electron chi connectivity index (χ0n) is 15.5. The molecular weight excluding hydrogens is 381 g/mol. The highest BCUT2D eigenvalue weighted by Gasteiger charge is 2.31. The van der Waals surface area contributed by atoms with Gasteiger partial charge in [-0.25, -0.2) is 0 Å². The number of amides is 1. The average Bonchev–Trinajstić information content (AvgIpc) is 2.73. The van der Waals surface area contributed by atoms with Gasteiger partial charge in [-0.1, -0.05) is 6.07 Å². The Hall–Kier alpha value is -3.16. The number of alkyl halides is 3. The number of hydrogen-bond donors (Lipinski definition) is 1. The van der Waals surface area contributed by atoms with Crippen LogP contribution in [0.4, 0.5) is 18.9 Å². The summed E-state index contributed by atoms with van der Waals surface area (Å²) in [5.74, 6) is -0.181. The molecule has 0 spiro atoms. The van der Waals surface area contributed by atoms with Crippen molar-refractivity contribution in [2.24, 2.45) is 0 Å². The number of piperidine rings is 1. The molecule has 1 aromatic carbocycles. The van der Waals surface area contributed by atoms with E-state index in [2.05, 4.69) is 20.2 Å². The SMILES string of the molecule is O=C(NC1CCCN(c2ccnc3cc(C(F)(F)F)ccc23)C1)c1cccnc1. The highest BCUT2D eigenvalue weighted by atomic mass is 19.4. The topological polar surface area (TPSA) is 58.1 Å². The Bertz CT molecular complexity index is 1020. The molecule has 1 unspecified atom stereocenters. The van der Waals surface area contributed by atoms with E-state index in [1.54, 1.807) is 24.4 Å². The number of nitrogens with zero attached hydrogens (tertiary/aromatic N) is 3. The quantitative estimate of drug-likeness (QED) is 0.721. The van der Waals surface area contributed by atoms with Gasteiger partial charge in [0.1, 0.15) is 0 Å². The fourth-order valence-electron chi connectivity index (χ4n) is 3.66. The molecule has 0 saturated carbocycles. The van der Waals surface area contributed by atoms with E-state index in [9.17, 15) is 18.0 Å². The fourth-order valence-corrected chi connectivity index (χ4v) is 3.66. The monoisotopic (exact) mass is 400 g/mol. The van der Waals surface area contributed by atoms with Gasteiger partial charge in [0, 0.05) is 48.8 Å². The lowest BCUT2D eigenvalue weighted by atomic mass is 10.0. The van der Waals surface area contributed by atoms with E-state index in [1.807, 2.05) is 0 Å². The van der Waals surface area contributed by atoms with Crippen molar-refractivity contribution >= 4 is 22.5 Å². The molecule has 4 rings (SSSR count). The van der Waals surface area contributed by atoms with Gasteiger partial charge >= 0.3 is 6.18 Å². The van der Waals surface area contributed by atoms with Crippen molar-refractivity contribution in [2.75, 3.05) is 18.0 Å². The van der Waals surface area contributed by atoms with Crippen molar-refractivity contribution < 1.29 is 18.0 Å². The van der Waals surface area contributed by atoms with E-state index >= 15 is 0 Å². The molecule has 2 aromatic heterocycles. The lowest BCUT2D eigenvalue weighted by molar-refractivity contribution is -0.137. The molecule has 29 heavy (non-hydrogen) atoms. The fraction of sp³-hybridized carbons (Fsp3) is 0.286. The van der Waals surface area contributed by atoms with E-state index < -0.39 is 11.7 Å². The first-order valence-electron chi connectivity index (χ1n) is 9.33. The molecule has 1 aliphatic heterocycles. The van der Waals surface area contributed by atoms with E-state index in [1.165, 1.54) is 18.5 Å². The number of carbonyl (C=O) groups excluding carboxylic acids is 1. The lowest BCUT2D eigenvalue weighted by Crippen LogP contribution is -2.47. The summed E-state index contributed by atoms with van der Waals surface area (Å²) in [4.78, 5) is 22.6. The van der Waals surface area contributed by atoms with Crippen LogP contribution in [0.2, 0.25) is 0 Å². The van der Waals surface area contributed by atoms with Crippen LogP contribution >= 0.6 is 0 Å². The van der Waals surface area contributed by atoms with Crippen LogP contribution in [0.15, 0.2) is 55.0 Å². The molecule has 0 aliphatic carbocycles. The molecule has 1 amide bonds. The van der Waals surface area contributed by atoms with Crippen molar-refractivity contribution in [3.63, 3.8) is 0 Å². The summed E-state index contributed by atoms with van der Waals surface area (Å²) in [6.07, 6.45) is 1.95. The molecule has 1 aliphatic rings. The average molecular weight is 400 g/mol. The summed E-state index contributed by atoms with van der Waals surface area (Å²) in [6.45, 7) is 1.34. The normalized spacial score (nSPS) is 17.3. The van der Waals surface area contributed by atoms with Crippen LogP contribution in [-0.4, -0.2) is 35.0 Å². The van der Waals surface area contributed by atoms with Crippen LogP contribution in [0, 0.1) is 0 Å². The van der Waals surface area contributed by atoms with Gasteiger partial charge in [-0.2, -0.15) is 13.2 Å². The zero-order chi connectivity index (χ0) is 20.4. The van der Waals surface area contributed by atoms with Crippen molar-refractivity contribution in [3.05, 3.63) is 66.1 Å². The highest BCUT2D eigenvalue weighted by molar-refractivity contribution is 5.94. The number of fused-ring (bicyclic) bond motifs is 1. The number of nitrogens with one attached hydrogen (secondary N) is 1. The third kappa shape index (κ3) is 4.16. The van der Waals surface area contributed by atoms with Gasteiger partial charge in [0.05, 0.1) is 16.6 Å². The van der Waals surface area contributed by atoms with Gasteiger partial charge in [0.2, 0.25) is 0 Å². The molecular formula is C21H19F3N4O. The molecule has 8 heteroatoms. The number of anilines is 1. The van der Waals surface area contributed by atoms with Gasteiger partial charge in [0.25, 0.3) is 5.91 Å². The second-order valence-corrected chi connectivity index (χ2v) is 7.06. The predicted molar refractivity (Wildman–Crippen MR) is 104 cm³/mol. The van der Waals surface area contributed by atoms with Crippen molar-refractivity contribution in [3.8, 4) is 0 Å². The van der Waals surface area contributed by atoms with Gasteiger partial charge in [-0.15, -0.1) is 0 Å². The third-order valence-corrected chi connectivity index (χ3v) is 5.07. The second kappa shape index (κ2) is 7.69. The maximum Gasteiger partial charge on any atom is 0.416 e. The van der Waals surface area contributed by atoms with Gasteiger partial charge in [0.15, 0.2) is 0 Å². The Labute approximate surface area is 165 Å². The Morgan fingerprint density at radius 3 is 2.79 bits per heavy atom. The van der Waals surface area contributed by atoms with Gasteiger partial charge < -0.3 is 10.2 Å². The van der Waals surface area contributed by atoms with E-state index in [0.717, 1.165) is 37.2 Å². The second-order valence-electron chi connectivity index (χ2n) is 7.06. The Morgan fingerprint density at radius 1 is 1.17 bits per heavy atom. The summed E-state index contributed by atoms with van der Waals surface area (Å²) in [6, 6.07) is 8.79. The minimum atomic E-state index is -4.40. The zero-order valence-corrected chi connectivity index (χ0v) is 15.5. The molecule has 150 valence electrons. The molecule has 1 saturated heterocycles. The summed E-state index contributed by atoms with van der Waals surface area (Å²) in [5, 5.41) is 3.69. The standard InChI is InChI=1S/C21H19F3N4O/c22-21(23,24)15-5-6-17-18(11-15)26-9-7-19(17)28-10-2-4-16(13-28)27-20(29)14-3-1-8-25-12-14/h1,3,5-9,11-12,16H,2,4,10,13H2,(H,27,29). The van der Waals surface area contributed by atoms with Crippen LogP contribution in [-0.2, 0) is 6.18 Å². The van der Waals surface area contributed by atoms with Crippen LogP contribution in [0.25, 0.3) is 10.9 Å². The number of carbonyl (C=O) groups is 1. The number of halogens is 3. The number of rotatable bonds is 3. The number of benzene rings is 1.